The number of nitrogens with zero attached hydrogens (tertiary/aromatic N) is 3. The number of amides is 1. The van der Waals surface area contributed by atoms with E-state index in [0.717, 1.165) is 56.1 Å². The van der Waals surface area contributed by atoms with Crippen molar-refractivity contribution in [3.05, 3.63) is 77.8 Å². The molecule has 2 saturated heterocycles. The first-order valence-corrected chi connectivity index (χ1v) is 13.7. The minimum Gasteiger partial charge on any atom is -0.384 e. The lowest BCUT2D eigenvalue weighted by Crippen LogP contribution is -2.47. The molecule has 2 fully saturated rings. The third-order valence-electron chi connectivity index (χ3n) is 7.78. The lowest BCUT2D eigenvalue weighted by molar-refractivity contribution is -0.145. The SMILES string of the molecule is C[C@H](O)C(=O)N(C[C@H]1CCNC1)[C@@H](c1nc(-c2cc(F)ccc2F)cn1Cc1ccccc1)C1CCOCC1. The lowest BCUT2D eigenvalue weighted by atomic mass is 9.88. The highest BCUT2D eigenvalue weighted by Gasteiger charge is 2.39. The van der Waals surface area contributed by atoms with Crippen molar-refractivity contribution in [1.82, 2.24) is 19.8 Å². The number of hydrogen-bond acceptors (Lipinski definition) is 5. The molecule has 1 aromatic heterocycles. The molecule has 3 aromatic rings. The Morgan fingerprint density at radius 3 is 2.64 bits per heavy atom. The van der Waals surface area contributed by atoms with Crippen LogP contribution in [0.1, 0.15) is 43.6 Å². The average molecular weight is 539 g/mol. The van der Waals surface area contributed by atoms with Crippen LogP contribution in [0.5, 0.6) is 0 Å². The molecule has 0 saturated carbocycles. The Hall–Kier alpha value is -3.14. The van der Waals surface area contributed by atoms with Crippen molar-refractivity contribution in [1.29, 1.82) is 0 Å². The van der Waals surface area contributed by atoms with Crippen LogP contribution in [-0.4, -0.2) is 64.4 Å². The standard InChI is InChI=1S/C30H36F2N4O3/c1-20(37)30(38)36(18-22-9-12-33-16-22)28(23-10-13-39-14-11-23)29-34-27(25-15-24(31)7-8-26(25)32)19-35(29)17-21-5-3-2-4-6-21/h2-8,15,19-20,22-23,28,33,37H,9-14,16-18H2,1H3/t20-,22-,28+/m0/s1. The molecular weight excluding hydrogens is 502 g/mol. The predicted molar refractivity (Wildman–Crippen MR) is 144 cm³/mol. The van der Waals surface area contributed by atoms with Crippen molar-refractivity contribution in [3.8, 4) is 11.3 Å². The fourth-order valence-electron chi connectivity index (χ4n) is 5.76. The molecule has 3 atom stereocenters. The number of benzene rings is 2. The number of halogens is 2. The second kappa shape index (κ2) is 12.4. The fourth-order valence-corrected chi connectivity index (χ4v) is 5.76. The lowest BCUT2D eigenvalue weighted by Gasteiger charge is -2.40. The monoisotopic (exact) mass is 538 g/mol. The maximum atomic E-state index is 14.9. The normalized spacial score (nSPS) is 19.6. The van der Waals surface area contributed by atoms with Crippen LogP contribution in [0, 0.1) is 23.5 Å². The number of hydrogen-bond donors (Lipinski definition) is 2. The van der Waals surface area contributed by atoms with Crippen molar-refractivity contribution in [2.45, 2.75) is 44.9 Å². The Morgan fingerprint density at radius 2 is 1.95 bits per heavy atom. The minimum atomic E-state index is -1.18. The van der Waals surface area contributed by atoms with Crippen molar-refractivity contribution < 1.29 is 23.4 Å². The van der Waals surface area contributed by atoms with Gasteiger partial charge in [0.25, 0.3) is 5.91 Å². The molecule has 0 spiro atoms. The third-order valence-corrected chi connectivity index (χ3v) is 7.78. The molecule has 7 nitrogen and oxygen atoms in total. The zero-order valence-corrected chi connectivity index (χ0v) is 22.2. The second-order valence-corrected chi connectivity index (χ2v) is 10.6. The van der Waals surface area contributed by atoms with Gasteiger partial charge in [-0.05, 0) is 74.9 Å². The van der Waals surface area contributed by atoms with Crippen molar-refractivity contribution in [2.24, 2.45) is 11.8 Å². The van der Waals surface area contributed by atoms with Gasteiger partial charge < -0.3 is 24.6 Å². The molecule has 39 heavy (non-hydrogen) atoms. The summed E-state index contributed by atoms with van der Waals surface area (Å²) in [7, 11) is 0. The largest absolute Gasteiger partial charge is 0.384 e. The Bertz CT molecular complexity index is 1250. The molecule has 2 aliphatic heterocycles. The van der Waals surface area contributed by atoms with Crippen molar-refractivity contribution >= 4 is 5.91 Å². The summed E-state index contributed by atoms with van der Waals surface area (Å²) in [6.07, 6.45) is 2.94. The van der Waals surface area contributed by atoms with Gasteiger partial charge in [-0.15, -0.1) is 0 Å². The summed E-state index contributed by atoms with van der Waals surface area (Å²) in [5.41, 5.74) is 1.39. The van der Waals surface area contributed by atoms with Crippen LogP contribution >= 0.6 is 0 Å². The summed E-state index contributed by atoms with van der Waals surface area (Å²) in [5, 5.41) is 13.8. The van der Waals surface area contributed by atoms with E-state index in [4.69, 9.17) is 9.72 Å². The molecule has 0 unspecified atom stereocenters. The topological polar surface area (TPSA) is 79.6 Å². The molecule has 5 rings (SSSR count). The fraction of sp³-hybridized carbons (Fsp3) is 0.467. The molecule has 0 bridgehead atoms. The summed E-state index contributed by atoms with van der Waals surface area (Å²) < 4.78 is 36.7. The number of rotatable bonds is 9. The van der Waals surface area contributed by atoms with Gasteiger partial charge in [0, 0.05) is 38.1 Å². The maximum absolute atomic E-state index is 14.9. The zero-order chi connectivity index (χ0) is 27.4. The number of ether oxygens (including phenoxy) is 1. The van der Waals surface area contributed by atoms with Gasteiger partial charge in [0.15, 0.2) is 0 Å². The van der Waals surface area contributed by atoms with E-state index >= 15 is 0 Å². The number of aliphatic hydroxyl groups is 1. The first-order valence-electron chi connectivity index (χ1n) is 13.7. The van der Waals surface area contributed by atoms with E-state index in [0.29, 0.717) is 37.8 Å². The first-order chi connectivity index (χ1) is 18.9. The minimum absolute atomic E-state index is 0.0259. The average Bonchev–Trinajstić information content (AvgIpc) is 3.61. The summed E-state index contributed by atoms with van der Waals surface area (Å²) >= 11 is 0. The molecule has 208 valence electrons. The molecule has 0 aliphatic carbocycles. The molecule has 2 N–H and O–H groups in total. The highest BCUT2D eigenvalue weighted by molar-refractivity contribution is 5.80. The van der Waals surface area contributed by atoms with E-state index in [1.807, 2.05) is 34.9 Å². The van der Waals surface area contributed by atoms with Gasteiger partial charge in [-0.25, -0.2) is 13.8 Å². The van der Waals surface area contributed by atoms with Gasteiger partial charge in [-0.3, -0.25) is 4.79 Å². The molecule has 2 aliphatic rings. The van der Waals surface area contributed by atoms with Gasteiger partial charge >= 0.3 is 0 Å². The zero-order valence-electron chi connectivity index (χ0n) is 22.2. The van der Waals surface area contributed by atoms with E-state index in [1.54, 1.807) is 11.1 Å². The van der Waals surface area contributed by atoms with Crippen LogP contribution in [0.4, 0.5) is 8.78 Å². The summed E-state index contributed by atoms with van der Waals surface area (Å²) in [4.78, 5) is 20.3. The molecule has 9 heteroatoms. The highest BCUT2D eigenvalue weighted by atomic mass is 19.1. The van der Waals surface area contributed by atoms with Crippen molar-refractivity contribution in [3.63, 3.8) is 0 Å². The van der Waals surface area contributed by atoms with Gasteiger partial charge in [0.05, 0.1) is 11.7 Å². The van der Waals surface area contributed by atoms with Gasteiger partial charge in [-0.2, -0.15) is 0 Å². The van der Waals surface area contributed by atoms with Crippen LogP contribution in [-0.2, 0) is 16.1 Å². The molecule has 2 aromatic carbocycles. The molecular formula is C30H36F2N4O3. The van der Waals surface area contributed by atoms with E-state index < -0.39 is 23.8 Å². The van der Waals surface area contributed by atoms with Crippen LogP contribution in [0.25, 0.3) is 11.3 Å². The Labute approximate surface area is 227 Å². The molecule has 0 radical (unpaired) electrons. The Balaban J connectivity index is 1.65. The second-order valence-electron chi connectivity index (χ2n) is 10.6. The van der Waals surface area contributed by atoms with Gasteiger partial charge in [0.1, 0.15) is 23.6 Å². The number of imidazole rings is 1. The Kier molecular flexibility index (Phi) is 8.69. The summed E-state index contributed by atoms with van der Waals surface area (Å²) in [6.45, 7) is 5.22. The highest BCUT2D eigenvalue weighted by Crippen LogP contribution is 2.38. The number of carbonyl (C=O) groups is 1. The smallest absolute Gasteiger partial charge is 0.251 e. The first kappa shape index (κ1) is 27.4. The summed E-state index contributed by atoms with van der Waals surface area (Å²) in [6, 6.07) is 12.7. The third kappa shape index (κ3) is 6.37. The van der Waals surface area contributed by atoms with E-state index in [2.05, 4.69) is 5.32 Å². The van der Waals surface area contributed by atoms with E-state index in [-0.39, 0.29) is 23.3 Å². The van der Waals surface area contributed by atoms with E-state index in [9.17, 15) is 18.7 Å². The van der Waals surface area contributed by atoms with Gasteiger partial charge in [0.2, 0.25) is 0 Å². The number of aliphatic hydroxyl groups excluding tert-OH is 1. The predicted octanol–water partition coefficient (Wildman–Crippen LogP) is 4.16. The van der Waals surface area contributed by atoms with Gasteiger partial charge in [-0.1, -0.05) is 30.3 Å². The number of nitrogens with one attached hydrogen (secondary N) is 1. The van der Waals surface area contributed by atoms with Crippen LogP contribution in [0.2, 0.25) is 0 Å². The van der Waals surface area contributed by atoms with Crippen LogP contribution in [0.3, 0.4) is 0 Å². The van der Waals surface area contributed by atoms with Crippen molar-refractivity contribution in [2.75, 3.05) is 32.8 Å². The Morgan fingerprint density at radius 1 is 1.18 bits per heavy atom. The molecule has 1 amide bonds. The molecule has 3 heterocycles. The van der Waals surface area contributed by atoms with Crippen LogP contribution < -0.4 is 5.32 Å². The van der Waals surface area contributed by atoms with E-state index in [1.165, 1.54) is 6.92 Å². The maximum Gasteiger partial charge on any atom is 0.251 e. The number of aromatic nitrogens is 2. The van der Waals surface area contributed by atoms with Crippen LogP contribution in [0.15, 0.2) is 54.7 Å². The summed E-state index contributed by atoms with van der Waals surface area (Å²) in [5.74, 6) is -0.601. The quantitative estimate of drug-likeness (QED) is 0.428. The number of carbonyl (C=O) groups excluding carboxylic acids is 1.